The molecule has 0 unspecified atom stereocenters. The highest BCUT2D eigenvalue weighted by molar-refractivity contribution is 5.49. The minimum Gasteiger partial charge on any atom is -0.492 e. The molecule has 0 aromatic heterocycles. The number of anilines is 1. The maximum absolute atomic E-state index is 5.47. The lowest BCUT2D eigenvalue weighted by Crippen LogP contribution is -2.32. The van der Waals surface area contributed by atoms with E-state index in [1.165, 1.54) is 31.6 Å². The van der Waals surface area contributed by atoms with Crippen LogP contribution in [-0.2, 0) is 0 Å². The van der Waals surface area contributed by atoms with Gasteiger partial charge in [-0.15, -0.1) is 0 Å². The zero-order chi connectivity index (χ0) is 12.1. The molecule has 0 spiro atoms. The smallest absolute Gasteiger partial charge is 0.119 e. The summed E-state index contributed by atoms with van der Waals surface area (Å²) < 4.78 is 5.47. The average molecular weight is 234 g/mol. The number of nitrogens with zero attached hydrogens (tertiary/aromatic N) is 1. The van der Waals surface area contributed by atoms with Gasteiger partial charge in [0.05, 0.1) is 0 Å². The minimum atomic E-state index is 0.561. The number of benzene rings is 1. The molecule has 3 nitrogen and oxygen atoms in total. The van der Waals surface area contributed by atoms with E-state index in [1.807, 2.05) is 12.1 Å². The molecular formula is C14H22N2O. The highest BCUT2D eigenvalue weighted by Gasteiger charge is 2.15. The van der Waals surface area contributed by atoms with Crippen molar-refractivity contribution in [3.05, 3.63) is 24.3 Å². The van der Waals surface area contributed by atoms with E-state index in [2.05, 4.69) is 24.0 Å². The Morgan fingerprint density at radius 3 is 2.47 bits per heavy atom. The summed E-state index contributed by atoms with van der Waals surface area (Å²) >= 11 is 0. The SMILES string of the molecule is CC1CCN(c2ccc(OCCN)cc2)CC1. The average Bonchev–Trinajstić information content (AvgIpc) is 2.38. The van der Waals surface area contributed by atoms with Crippen molar-refractivity contribution >= 4 is 5.69 Å². The molecule has 1 aliphatic rings. The Morgan fingerprint density at radius 2 is 1.88 bits per heavy atom. The normalized spacial score (nSPS) is 17.2. The van der Waals surface area contributed by atoms with E-state index in [0.717, 1.165) is 11.7 Å². The molecule has 1 aromatic rings. The first-order valence-electron chi connectivity index (χ1n) is 6.47. The Hall–Kier alpha value is -1.22. The van der Waals surface area contributed by atoms with Gasteiger partial charge in [0.1, 0.15) is 12.4 Å². The van der Waals surface area contributed by atoms with E-state index in [1.54, 1.807) is 0 Å². The van der Waals surface area contributed by atoms with Gasteiger partial charge >= 0.3 is 0 Å². The second-order valence-electron chi connectivity index (χ2n) is 4.80. The van der Waals surface area contributed by atoms with Crippen LogP contribution in [-0.4, -0.2) is 26.2 Å². The van der Waals surface area contributed by atoms with Crippen LogP contribution < -0.4 is 15.4 Å². The molecule has 0 bridgehead atoms. The maximum atomic E-state index is 5.47. The summed E-state index contributed by atoms with van der Waals surface area (Å²) in [4.78, 5) is 2.45. The molecule has 94 valence electrons. The molecule has 2 N–H and O–H groups in total. The molecule has 0 radical (unpaired) electrons. The van der Waals surface area contributed by atoms with Crippen molar-refractivity contribution in [1.82, 2.24) is 0 Å². The molecule has 0 atom stereocenters. The summed E-state index contributed by atoms with van der Waals surface area (Å²) in [6.07, 6.45) is 2.59. The molecule has 17 heavy (non-hydrogen) atoms. The van der Waals surface area contributed by atoms with Crippen LogP contribution in [0.25, 0.3) is 0 Å². The molecule has 1 aliphatic heterocycles. The van der Waals surface area contributed by atoms with Gasteiger partial charge in [-0.05, 0) is 43.0 Å². The zero-order valence-corrected chi connectivity index (χ0v) is 10.6. The molecule has 1 aromatic carbocycles. The van der Waals surface area contributed by atoms with Crippen LogP contribution in [0.5, 0.6) is 5.75 Å². The van der Waals surface area contributed by atoms with E-state index in [-0.39, 0.29) is 0 Å². The number of hydrogen-bond acceptors (Lipinski definition) is 3. The van der Waals surface area contributed by atoms with Gasteiger partial charge in [0.25, 0.3) is 0 Å². The van der Waals surface area contributed by atoms with Crippen molar-refractivity contribution in [2.24, 2.45) is 11.7 Å². The lowest BCUT2D eigenvalue weighted by Gasteiger charge is -2.32. The van der Waals surface area contributed by atoms with E-state index >= 15 is 0 Å². The molecule has 2 rings (SSSR count). The van der Waals surface area contributed by atoms with Gasteiger partial charge in [-0.1, -0.05) is 6.92 Å². The van der Waals surface area contributed by atoms with Gasteiger partial charge in [0, 0.05) is 25.3 Å². The minimum absolute atomic E-state index is 0.561. The molecular weight excluding hydrogens is 212 g/mol. The Kier molecular flexibility index (Phi) is 4.26. The molecule has 1 saturated heterocycles. The third-order valence-electron chi connectivity index (χ3n) is 3.37. The summed E-state index contributed by atoms with van der Waals surface area (Å²) in [5.41, 5.74) is 6.71. The second-order valence-corrected chi connectivity index (χ2v) is 4.80. The van der Waals surface area contributed by atoms with Crippen LogP contribution in [0.2, 0.25) is 0 Å². The van der Waals surface area contributed by atoms with Crippen molar-refractivity contribution in [1.29, 1.82) is 0 Å². The van der Waals surface area contributed by atoms with Crippen molar-refractivity contribution in [2.75, 3.05) is 31.1 Å². The van der Waals surface area contributed by atoms with E-state index in [4.69, 9.17) is 10.5 Å². The Balaban J connectivity index is 1.93. The quantitative estimate of drug-likeness (QED) is 0.868. The van der Waals surface area contributed by atoms with Crippen molar-refractivity contribution in [2.45, 2.75) is 19.8 Å². The topological polar surface area (TPSA) is 38.5 Å². The van der Waals surface area contributed by atoms with Gasteiger partial charge in [-0.2, -0.15) is 0 Å². The van der Waals surface area contributed by atoms with Crippen LogP contribution in [0.3, 0.4) is 0 Å². The second kappa shape index (κ2) is 5.92. The first kappa shape index (κ1) is 12.2. The molecule has 1 heterocycles. The highest BCUT2D eigenvalue weighted by atomic mass is 16.5. The summed E-state index contributed by atoms with van der Waals surface area (Å²) in [6, 6.07) is 8.34. The monoisotopic (exact) mass is 234 g/mol. The fourth-order valence-corrected chi connectivity index (χ4v) is 2.20. The third kappa shape index (κ3) is 3.37. The summed E-state index contributed by atoms with van der Waals surface area (Å²) in [7, 11) is 0. The lowest BCUT2D eigenvalue weighted by molar-refractivity contribution is 0.328. The molecule has 1 fully saturated rings. The first-order valence-corrected chi connectivity index (χ1v) is 6.47. The fourth-order valence-electron chi connectivity index (χ4n) is 2.20. The van der Waals surface area contributed by atoms with E-state index in [0.29, 0.717) is 13.2 Å². The first-order chi connectivity index (χ1) is 8.29. The highest BCUT2D eigenvalue weighted by Crippen LogP contribution is 2.24. The van der Waals surface area contributed by atoms with Crippen LogP contribution in [0, 0.1) is 5.92 Å². The van der Waals surface area contributed by atoms with Crippen molar-refractivity contribution in [3.8, 4) is 5.75 Å². The number of piperidine rings is 1. The maximum Gasteiger partial charge on any atom is 0.119 e. The third-order valence-corrected chi connectivity index (χ3v) is 3.37. The van der Waals surface area contributed by atoms with Gasteiger partial charge in [-0.25, -0.2) is 0 Å². The Bertz CT molecular complexity index is 329. The van der Waals surface area contributed by atoms with Gasteiger partial charge < -0.3 is 15.4 Å². The zero-order valence-electron chi connectivity index (χ0n) is 10.6. The molecule has 0 amide bonds. The Labute approximate surface area is 104 Å². The fraction of sp³-hybridized carbons (Fsp3) is 0.571. The van der Waals surface area contributed by atoms with E-state index in [9.17, 15) is 0 Å². The van der Waals surface area contributed by atoms with Gasteiger partial charge in [0.2, 0.25) is 0 Å². The van der Waals surface area contributed by atoms with Crippen molar-refractivity contribution < 1.29 is 4.74 Å². The summed E-state index contributed by atoms with van der Waals surface area (Å²) in [6.45, 7) is 5.82. The van der Waals surface area contributed by atoms with Gasteiger partial charge in [0.15, 0.2) is 0 Å². The molecule has 0 aliphatic carbocycles. The Morgan fingerprint density at radius 1 is 1.24 bits per heavy atom. The summed E-state index contributed by atoms with van der Waals surface area (Å²) in [5.74, 6) is 1.78. The predicted molar refractivity (Wildman–Crippen MR) is 71.6 cm³/mol. The summed E-state index contributed by atoms with van der Waals surface area (Å²) in [5, 5.41) is 0. The van der Waals surface area contributed by atoms with Gasteiger partial charge in [-0.3, -0.25) is 0 Å². The van der Waals surface area contributed by atoms with E-state index < -0.39 is 0 Å². The number of rotatable bonds is 4. The van der Waals surface area contributed by atoms with Crippen LogP contribution >= 0.6 is 0 Å². The number of ether oxygens (including phenoxy) is 1. The van der Waals surface area contributed by atoms with Crippen LogP contribution in [0.15, 0.2) is 24.3 Å². The predicted octanol–water partition coefficient (Wildman–Crippen LogP) is 2.26. The van der Waals surface area contributed by atoms with Crippen LogP contribution in [0.4, 0.5) is 5.69 Å². The van der Waals surface area contributed by atoms with Crippen molar-refractivity contribution in [3.63, 3.8) is 0 Å². The number of hydrogen-bond donors (Lipinski definition) is 1. The lowest BCUT2D eigenvalue weighted by atomic mass is 9.99. The van der Waals surface area contributed by atoms with Crippen LogP contribution in [0.1, 0.15) is 19.8 Å². The molecule has 3 heteroatoms. The number of nitrogens with two attached hydrogens (primary N) is 1. The standard InChI is InChI=1S/C14H22N2O/c1-12-6-9-16(10-7-12)13-2-4-14(5-3-13)17-11-8-15/h2-5,12H,6-11,15H2,1H3. The largest absolute Gasteiger partial charge is 0.492 e. The molecule has 0 saturated carbocycles.